The van der Waals surface area contributed by atoms with E-state index in [2.05, 4.69) is 32.7 Å². The van der Waals surface area contributed by atoms with Crippen molar-refractivity contribution in [2.75, 3.05) is 26.2 Å². The highest BCUT2D eigenvalue weighted by Gasteiger charge is 2.21. The van der Waals surface area contributed by atoms with Crippen molar-refractivity contribution in [3.8, 4) is 0 Å². The van der Waals surface area contributed by atoms with E-state index < -0.39 is 0 Å². The minimum absolute atomic E-state index is 0. The molecule has 1 fully saturated rings. The molecule has 0 spiro atoms. The molecule has 1 N–H and O–H groups in total. The first-order chi connectivity index (χ1) is 8.22. The second kappa shape index (κ2) is 7.24. The van der Waals surface area contributed by atoms with Gasteiger partial charge in [0.05, 0.1) is 6.04 Å². The zero-order chi connectivity index (χ0) is 12.3. The maximum Gasteiger partial charge on any atom is 0.129 e. The molecular weight excluding hydrogens is 319 g/mol. The standard InChI is InChI=1S/C13H16BrFN2.ClH/c1-2-13(17-7-5-16-6-8-17)11-4-3-10(14)9-12(11)15;/h2-4,9,13,16H,1,5-8H2;1H/t13-;/m1./s1. The monoisotopic (exact) mass is 334 g/mol. The van der Waals surface area contributed by atoms with E-state index in [9.17, 15) is 4.39 Å². The van der Waals surface area contributed by atoms with Crippen LogP contribution >= 0.6 is 28.3 Å². The van der Waals surface area contributed by atoms with Crippen LogP contribution in [-0.4, -0.2) is 31.1 Å². The maximum absolute atomic E-state index is 13.9. The fraction of sp³-hybridized carbons (Fsp3) is 0.385. The molecule has 0 aliphatic carbocycles. The zero-order valence-electron chi connectivity index (χ0n) is 10.0. The summed E-state index contributed by atoms with van der Waals surface area (Å²) >= 11 is 3.27. The molecular formula is C13H17BrClFN2. The average molecular weight is 336 g/mol. The van der Waals surface area contributed by atoms with E-state index in [1.54, 1.807) is 0 Å². The predicted molar refractivity (Wildman–Crippen MR) is 78.7 cm³/mol. The molecule has 0 bridgehead atoms. The Bertz CT molecular complexity index is 408. The summed E-state index contributed by atoms with van der Waals surface area (Å²) in [6, 6.07) is 5.17. The summed E-state index contributed by atoms with van der Waals surface area (Å²) in [4.78, 5) is 2.25. The van der Waals surface area contributed by atoms with Crippen LogP contribution in [0.3, 0.4) is 0 Å². The minimum atomic E-state index is -0.178. The van der Waals surface area contributed by atoms with Gasteiger partial charge >= 0.3 is 0 Å². The van der Waals surface area contributed by atoms with Crippen LogP contribution in [0.4, 0.5) is 4.39 Å². The van der Waals surface area contributed by atoms with E-state index in [4.69, 9.17) is 0 Å². The molecule has 1 saturated heterocycles. The predicted octanol–water partition coefficient (Wildman–Crippen LogP) is 3.14. The lowest BCUT2D eigenvalue weighted by molar-refractivity contribution is 0.200. The van der Waals surface area contributed by atoms with E-state index in [-0.39, 0.29) is 24.3 Å². The van der Waals surface area contributed by atoms with Gasteiger partial charge < -0.3 is 5.32 Å². The minimum Gasteiger partial charge on any atom is -0.314 e. The zero-order valence-corrected chi connectivity index (χ0v) is 12.4. The third-order valence-electron chi connectivity index (χ3n) is 3.05. The van der Waals surface area contributed by atoms with Crippen LogP contribution in [-0.2, 0) is 0 Å². The molecule has 1 heterocycles. The Morgan fingerprint density at radius 1 is 1.39 bits per heavy atom. The summed E-state index contributed by atoms with van der Waals surface area (Å²) in [5.41, 5.74) is 0.699. The highest BCUT2D eigenvalue weighted by molar-refractivity contribution is 9.10. The van der Waals surface area contributed by atoms with Gasteiger partial charge in [-0.2, -0.15) is 0 Å². The summed E-state index contributed by atoms with van der Waals surface area (Å²) in [7, 11) is 0. The van der Waals surface area contributed by atoms with Crippen LogP contribution in [0.1, 0.15) is 11.6 Å². The van der Waals surface area contributed by atoms with Crippen LogP contribution in [0.15, 0.2) is 35.3 Å². The van der Waals surface area contributed by atoms with Gasteiger partial charge in [0.1, 0.15) is 5.82 Å². The van der Waals surface area contributed by atoms with Crippen LogP contribution < -0.4 is 5.32 Å². The summed E-state index contributed by atoms with van der Waals surface area (Å²) in [5.74, 6) is -0.178. The lowest BCUT2D eigenvalue weighted by Crippen LogP contribution is -2.44. The molecule has 0 radical (unpaired) electrons. The first-order valence-corrected chi connectivity index (χ1v) is 6.54. The van der Waals surface area contributed by atoms with Crippen molar-refractivity contribution in [1.82, 2.24) is 10.2 Å². The summed E-state index contributed by atoms with van der Waals surface area (Å²) < 4.78 is 14.7. The lowest BCUT2D eigenvalue weighted by Gasteiger charge is -2.33. The second-order valence-corrected chi connectivity index (χ2v) is 5.05. The van der Waals surface area contributed by atoms with E-state index in [0.717, 1.165) is 30.7 Å². The number of piperazine rings is 1. The fourth-order valence-corrected chi connectivity index (χ4v) is 2.51. The van der Waals surface area contributed by atoms with Gasteiger partial charge in [0.15, 0.2) is 0 Å². The molecule has 100 valence electrons. The van der Waals surface area contributed by atoms with Crippen LogP contribution in [0.2, 0.25) is 0 Å². The Labute approximate surface area is 122 Å². The molecule has 1 aromatic rings. The van der Waals surface area contributed by atoms with Gasteiger partial charge in [0.2, 0.25) is 0 Å². The highest BCUT2D eigenvalue weighted by Crippen LogP contribution is 2.26. The Kier molecular flexibility index (Phi) is 6.29. The van der Waals surface area contributed by atoms with Gasteiger partial charge in [0, 0.05) is 36.2 Å². The second-order valence-electron chi connectivity index (χ2n) is 4.13. The molecule has 1 atom stereocenters. The number of nitrogens with one attached hydrogen (secondary N) is 1. The largest absolute Gasteiger partial charge is 0.314 e. The molecule has 1 aliphatic heterocycles. The van der Waals surface area contributed by atoms with Gasteiger partial charge in [-0.1, -0.05) is 28.1 Å². The van der Waals surface area contributed by atoms with Gasteiger partial charge in [-0.05, 0) is 12.1 Å². The summed E-state index contributed by atoms with van der Waals surface area (Å²) in [6.07, 6.45) is 1.82. The third-order valence-corrected chi connectivity index (χ3v) is 3.54. The Morgan fingerprint density at radius 3 is 2.61 bits per heavy atom. The summed E-state index contributed by atoms with van der Waals surface area (Å²) in [6.45, 7) is 7.58. The van der Waals surface area contributed by atoms with Crippen molar-refractivity contribution in [3.05, 3.63) is 46.7 Å². The van der Waals surface area contributed by atoms with Gasteiger partial charge in [0.25, 0.3) is 0 Å². The lowest BCUT2D eigenvalue weighted by atomic mass is 10.0. The molecule has 0 saturated carbocycles. The first-order valence-electron chi connectivity index (χ1n) is 5.74. The van der Waals surface area contributed by atoms with Crippen molar-refractivity contribution < 1.29 is 4.39 Å². The van der Waals surface area contributed by atoms with Crippen molar-refractivity contribution in [2.45, 2.75) is 6.04 Å². The number of hydrogen-bond donors (Lipinski definition) is 1. The van der Waals surface area contributed by atoms with E-state index >= 15 is 0 Å². The molecule has 2 rings (SSSR count). The maximum atomic E-state index is 13.9. The number of benzene rings is 1. The van der Waals surface area contributed by atoms with Crippen molar-refractivity contribution >= 4 is 28.3 Å². The molecule has 0 aromatic heterocycles. The van der Waals surface area contributed by atoms with Gasteiger partial charge in [-0.3, -0.25) is 4.90 Å². The molecule has 5 heteroatoms. The summed E-state index contributed by atoms with van der Waals surface area (Å²) in [5, 5.41) is 3.29. The van der Waals surface area contributed by atoms with E-state index in [1.807, 2.05) is 18.2 Å². The smallest absolute Gasteiger partial charge is 0.129 e. The van der Waals surface area contributed by atoms with Crippen molar-refractivity contribution in [1.29, 1.82) is 0 Å². The van der Waals surface area contributed by atoms with Crippen LogP contribution in [0.25, 0.3) is 0 Å². The number of nitrogens with zero attached hydrogens (tertiary/aromatic N) is 1. The van der Waals surface area contributed by atoms with Gasteiger partial charge in [-0.15, -0.1) is 19.0 Å². The quantitative estimate of drug-likeness (QED) is 0.854. The molecule has 1 aromatic carbocycles. The van der Waals surface area contributed by atoms with E-state index in [0.29, 0.717) is 5.56 Å². The highest BCUT2D eigenvalue weighted by atomic mass is 79.9. The number of halogens is 3. The molecule has 2 nitrogen and oxygen atoms in total. The van der Waals surface area contributed by atoms with E-state index in [1.165, 1.54) is 6.07 Å². The molecule has 18 heavy (non-hydrogen) atoms. The normalized spacial score (nSPS) is 17.9. The first kappa shape index (κ1) is 15.6. The SMILES string of the molecule is C=C[C@H](c1ccc(Br)cc1F)N1CCNCC1.Cl. The third kappa shape index (κ3) is 3.54. The molecule has 0 unspecified atom stereocenters. The van der Waals surface area contributed by atoms with Crippen LogP contribution in [0, 0.1) is 5.82 Å². The Balaban J connectivity index is 0.00000162. The van der Waals surface area contributed by atoms with Crippen molar-refractivity contribution in [3.63, 3.8) is 0 Å². The fourth-order valence-electron chi connectivity index (χ4n) is 2.17. The van der Waals surface area contributed by atoms with Crippen LogP contribution in [0.5, 0.6) is 0 Å². The Hall–Kier alpha value is -0.420. The van der Waals surface area contributed by atoms with Gasteiger partial charge in [-0.25, -0.2) is 4.39 Å². The molecule has 1 aliphatic rings. The van der Waals surface area contributed by atoms with Crippen molar-refractivity contribution in [2.24, 2.45) is 0 Å². The average Bonchev–Trinajstić information content (AvgIpc) is 2.34. The molecule has 0 amide bonds. The number of rotatable bonds is 3. The Morgan fingerprint density at radius 2 is 2.06 bits per heavy atom. The topological polar surface area (TPSA) is 15.3 Å². The number of hydrogen-bond acceptors (Lipinski definition) is 2.